The molecule has 0 amide bonds. The first-order valence-corrected chi connectivity index (χ1v) is 7.77. The highest BCUT2D eigenvalue weighted by molar-refractivity contribution is 7.20. The molecule has 0 aliphatic carbocycles. The van der Waals surface area contributed by atoms with Crippen LogP contribution in [0.15, 0.2) is 54.6 Å². The van der Waals surface area contributed by atoms with Crippen molar-refractivity contribution in [3.63, 3.8) is 0 Å². The van der Waals surface area contributed by atoms with Crippen LogP contribution in [0.3, 0.4) is 0 Å². The smallest absolute Gasteiger partial charge is 0.348 e. The lowest BCUT2D eigenvalue weighted by Crippen LogP contribution is -2.13. The molecule has 0 atom stereocenters. The maximum Gasteiger partial charge on any atom is 0.348 e. The molecule has 0 saturated carbocycles. The molecular weight excluding hydrogens is 320 g/mol. The van der Waals surface area contributed by atoms with Crippen molar-refractivity contribution in [2.75, 3.05) is 6.61 Å². The van der Waals surface area contributed by atoms with E-state index in [-0.39, 0.29) is 12.4 Å². The summed E-state index contributed by atoms with van der Waals surface area (Å²) < 4.78 is 6.11. The number of ether oxygens (including phenoxy) is 1. The highest BCUT2D eigenvalue weighted by Gasteiger charge is 2.14. The number of rotatable bonds is 4. The first-order valence-electron chi connectivity index (χ1n) is 6.58. The average molecular weight is 331 g/mol. The maximum absolute atomic E-state index is 12.0. The molecule has 0 aliphatic heterocycles. The van der Waals surface area contributed by atoms with Gasteiger partial charge in [0, 0.05) is 15.3 Å². The third-order valence-electron chi connectivity index (χ3n) is 3.13. The van der Waals surface area contributed by atoms with E-state index in [4.69, 9.17) is 16.3 Å². The molecule has 0 spiro atoms. The van der Waals surface area contributed by atoms with Gasteiger partial charge in [-0.15, -0.1) is 11.3 Å². The number of fused-ring (bicyclic) bond motifs is 1. The van der Waals surface area contributed by atoms with Gasteiger partial charge in [-0.2, -0.15) is 0 Å². The Morgan fingerprint density at radius 2 is 1.77 bits per heavy atom. The topological polar surface area (TPSA) is 43.4 Å². The van der Waals surface area contributed by atoms with E-state index in [1.54, 1.807) is 30.3 Å². The van der Waals surface area contributed by atoms with Crippen molar-refractivity contribution >= 4 is 44.8 Å². The van der Waals surface area contributed by atoms with Gasteiger partial charge in [0.1, 0.15) is 4.88 Å². The van der Waals surface area contributed by atoms with Crippen LogP contribution in [0.5, 0.6) is 0 Å². The predicted molar refractivity (Wildman–Crippen MR) is 87.9 cm³/mol. The van der Waals surface area contributed by atoms with Gasteiger partial charge < -0.3 is 4.74 Å². The molecule has 0 fully saturated rings. The molecule has 1 aromatic heterocycles. The van der Waals surface area contributed by atoms with Crippen LogP contribution >= 0.6 is 22.9 Å². The molecule has 110 valence electrons. The van der Waals surface area contributed by atoms with E-state index in [1.165, 1.54) is 11.3 Å². The van der Waals surface area contributed by atoms with Crippen LogP contribution in [0, 0.1) is 0 Å². The number of hydrogen-bond acceptors (Lipinski definition) is 4. The van der Waals surface area contributed by atoms with Crippen LogP contribution in [0.4, 0.5) is 0 Å². The Morgan fingerprint density at radius 1 is 1.05 bits per heavy atom. The summed E-state index contributed by atoms with van der Waals surface area (Å²) in [5.74, 6) is -0.741. The molecule has 0 radical (unpaired) electrons. The van der Waals surface area contributed by atoms with Crippen molar-refractivity contribution in [3.8, 4) is 0 Å². The number of esters is 1. The first-order chi connectivity index (χ1) is 10.6. The van der Waals surface area contributed by atoms with E-state index in [1.807, 2.05) is 24.3 Å². The number of thiophene rings is 1. The number of carbonyl (C=O) groups excluding carboxylic acids is 2. The average Bonchev–Trinajstić information content (AvgIpc) is 2.97. The monoisotopic (exact) mass is 330 g/mol. The largest absolute Gasteiger partial charge is 0.453 e. The van der Waals surface area contributed by atoms with E-state index >= 15 is 0 Å². The van der Waals surface area contributed by atoms with Crippen molar-refractivity contribution in [1.82, 2.24) is 0 Å². The Bertz CT molecular complexity index is 803. The first kappa shape index (κ1) is 14.8. The molecule has 5 heteroatoms. The standard InChI is InChI=1S/C17H11ClO3S/c18-13-7-5-11(6-8-13)14(19)10-21-17(20)16-9-12-3-1-2-4-15(12)22-16/h1-9H,10H2. The van der Waals surface area contributed by atoms with Gasteiger partial charge in [-0.3, -0.25) is 4.79 Å². The molecule has 3 rings (SSSR count). The molecule has 2 aromatic carbocycles. The molecule has 0 aliphatic rings. The zero-order valence-electron chi connectivity index (χ0n) is 11.4. The minimum absolute atomic E-state index is 0.258. The summed E-state index contributed by atoms with van der Waals surface area (Å²) in [6.45, 7) is -0.283. The Hall–Kier alpha value is -2.17. The fraction of sp³-hybridized carbons (Fsp3) is 0.0588. The van der Waals surface area contributed by atoms with E-state index in [2.05, 4.69) is 0 Å². The van der Waals surface area contributed by atoms with Gasteiger partial charge >= 0.3 is 5.97 Å². The van der Waals surface area contributed by atoms with Gasteiger partial charge in [0.25, 0.3) is 0 Å². The van der Waals surface area contributed by atoms with Crippen LogP contribution in [-0.2, 0) is 4.74 Å². The van der Waals surface area contributed by atoms with Crippen molar-refractivity contribution in [3.05, 3.63) is 70.1 Å². The lowest BCUT2D eigenvalue weighted by molar-refractivity contribution is 0.0479. The molecule has 0 unspecified atom stereocenters. The van der Waals surface area contributed by atoms with Crippen LogP contribution < -0.4 is 0 Å². The van der Waals surface area contributed by atoms with Crippen molar-refractivity contribution in [1.29, 1.82) is 0 Å². The van der Waals surface area contributed by atoms with Gasteiger partial charge in [-0.25, -0.2) is 4.79 Å². The molecule has 22 heavy (non-hydrogen) atoms. The van der Waals surface area contributed by atoms with E-state index in [0.717, 1.165) is 10.1 Å². The summed E-state index contributed by atoms with van der Waals surface area (Å²) >= 11 is 7.12. The molecule has 0 bridgehead atoms. The molecule has 3 aromatic rings. The summed E-state index contributed by atoms with van der Waals surface area (Å²) in [5.41, 5.74) is 0.466. The normalized spacial score (nSPS) is 10.6. The van der Waals surface area contributed by atoms with Crippen LogP contribution in [0.1, 0.15) is 20.0 Å². The SMILES string of the molecule is O=C(COC(=O)c1cc2ccccc2s1)c1ccc(Cl)cc1. The molecule has 1 heterocycles. The molecule has 3 nitrogen and oxygen atoms in total. The lowest BCUT2D eigenvalue weighted by Gasteiger charge is -2.03. The second kappa shape index (κ2) is 6.30. The fourth-order valence-corrected chi connectivity index (χ4v) is 3.09. The number of Topliss-reactive ketones (excluding diaryl/α,β-unsaturated/α-hetero) is 1. The van der Waals surface area contributed by atoms with Crippen LogP contribution in [-0.4, -0.2) is 18.4 Å². The molecule has 0 N–H and O–H groups in total. The van der Waals surface area contributed by atoms with Crippen molar-refractivity contribution < 1.29 is 14.3 Å². The highest BCUT2D eigenvalue weighted by atomic mass is 35.5. The third-order valence-corrected chi connectivity index (χ3v) is 4.48. The summed E-state index contributed by atoms with van der Waals surface area (Å²) in [7, 11) is 0. The van der Waals surface area contributed by atoms with E-state index in [9.17, 15) is 9.59 Å². The zero-order chi connectivity index (χ0) is 15.5. The Morgan fingerprint density at radius 3 is 2.50 bits per heavy atom. The minimum Gasteiger partial charge on any atom is -0.453 e. The Kier molecular flexibility index (Phi) is 4.22. The van der Waals surface area contributed by atoms with Crippen molar-refractivity contribution in [2.45, 2.75) is 0 Å². The summed E-state index contributed by atoms with van der Waals surface area (Å²) in [5, 5.41) is 1.54. The second-order valence-corrected chi connectivity index (χ2v) is 6.17. The van der Waals surface area contributed by atoms with Gasteiger partial charge in [0.05, 0.1) is 0 Å². The Balaban J connectivity index is 1.66. The number of hydrogen-bond donors (Lipinski definition) is 0. The van der Waals surface area contributed by atoms with Gasteiger partial charge in [-0.1, -0.05) is 29.8 Å². The highest BCUT2D eigenvalue weighted by Crippen LogP contribution is 2.25. The predicted octanol–water partition coefficient (Wildman–Crippen LogP) is 4.59. The molecular formula is C17H11ClO3S. The minimum atomic E-state index is -0.483. The number of ketones is 1. The lowest BCUT2D eigenvalue weighted by atomic mass is 10.1. The van der Waals surface area contributed by atoms with Crippen molar-refractivity contribution in [2.24, 2.45) is 0 Å². The number of carbonyl (C=O) groups is 2. The quantitative estimate of drug-likeness (QED) is 0.519. The number of halogens is 1. The Labute approximate surface area is 136 Å². The second-order valence-electron chi connectivity index (χ2n) is 4.65. The maximum atomic E-state index is 12.0. The van der Waals surface area contributed by atoms with Crippen LogP contribution in [0.25, 0.3) is 10.1 Å². The summed E-state index contributed by atoms with van der Waals surface area (Å²) in [6, 6.07) is 15.9. The van der Waals surface area contributed by atoms with Gasteiger partial charge in [0.2, 0.25) is 0 Å². The van der Waals surface area contributed by atoms with E-state index < -0.39 is 5.97 Å². The summed E-state index contributed by atoms with van der Waals surface area (Å²) in [6.07, 6.45) is 0. The van der Waals surface area contributed by atoms with Gasteiger partial charge in [0.15, 0.2) is 12.4 Å². The number of benzene rings is 2. The third kappa shape index (κ3) is 3.18. The van der Waals surface area contributed by atoms with E-state index in [0.29, 0.717) is 15.5 Å². The molecule has 0 saturated heterocycles. The van der Waals surface area contributed by atoms with Gasteiger partial charge in [-0.05, 0) is 41.8 Å². The fourth-order valence-electron chi connectivity index (χ4n) is 2.00. The van der Waals surface area contributed by atoms with Crippen LogP contribution in [0.2, 0.25) is 5.02 Å². The summed E-state index contributed by atoms with van der Waals surface area (Å²) in [4.78, 5) is 24.5. The zero-order valence-corrected chi connectivity index (χ0v) is 13.0.